The van der Waals surface area contributed by atoms with Crippen LogP contribution in [0.4, 0.5) is 0 Å². The first kappa shape index (κ1) is 19.2. The molecule has 0 saturated heterocycles. The smallest absolute Gasteiger partial charge is 0.335 e. The van der Waals surface area contributed by atoms with Crippen molar-refractivity contribution in [2.45, 2.75) is 20.0 Å². The van der Waals surface area contributed by atoms with Gasteiger partial charge in [0, 0.05) is 5.02 Å². The molecule has 0 spiro atoms. The molecule has 1 aromatic carbocycles. The van der Waals surface area contributed by atoms with Crippen molar-refractivity contribution in [2.24, 2.45) is 0 Å². The molecule has 7 nitrogen and oxygen atoms in total. The highest BCUT2D eigenvalue weighted by atomic mass is 35.5. The highest BCUT2D eigenvalue weighted by molar-refractivity contribution is 7.53. The first-order valence-electron chi connectivity index (χ1n) is 7.26. The van der Waals surface area contributed by atoms with Crippen LogP contribution in [0.3, 0.4) is 0 Å². The number of ether oxygens (including phenoxy) is 1. The Morgan fingerprint density at radius 2 is 1.83 bits per heavy atom. The van der Waals surface area contributed by atoms with E-state index in [4.69, 9.17) is 37.0 Å². The maximum atomic E-state index is 12.6. The van der Waals surface area contributed by atoms with Crippen LogP contribution in [0.1, 0.15) is 19.4 Å². The molecule has 0 aliphatic heterocycles. The Bertz CT molecular complexity index is 744. The van der Waals surface area contributed by atoms with E-state index in [2.05, 4.69) is 10.2 Å². The number of methoxy groups -OCH3 is 1. The van der Waals surface area contributed by atoms with Gasteiger partial charge in [0.05, 0.1) is 32.2 Å². The average Bonchev–Trinajstić information content (AvgIpc) is 2.91. The van der Waals surface area contributed by atoms with Crippen LogP contribution in [0.25, 0.3) is 5.69 Å². The Hall–Kier alpha value is -1.11. The predicted octanol–water partition coefficient (Wildman–Crippen LogP) is 4.35. The number of hydrogen-bond donors (Lipinski definition) is 0. The Morgan fingerprint density at radius 3 is 2.33 bits per heavy atom. The minimum Gasteiger partial charge on any atom is -0.478 e. The third-order valence-electron chi connectivity index (χ3n) is 3.02. The third-order valence-corrected chi connectivity index (χ3v) is 5.64. The highest BCUT2D eigenvalue weighted by Gasteiger charge is 2.25. The molecule has 2 rings (SSSR count). The molecular formula is C14H18Cl2N3O4P. The van der Waals surface area contributed by atoms with Gasteiger partial charge < -0.3 is 13.8 Å². The number of rotatable bonds is 8. The van der Waals surface area contributed by atoms with E-state index in [1.165, 1.54) is 11.9 Å². The summed E-state index contributed by atoms with van der Waals surface area (Å²) in [5.41, 5.74) is 1.24. The molecule has 0 saturated carbocycles. The summed E-state index contributed by atoms with van der Waals surface area (Å²) in [6.45, 7) is 4.11. The van der Waals surface area contributed by atoms with Crippen LogP contribution < -0.4 is 4.74 Å². The van der Waals surface area contributed by atoms with Crippen molar-refractivity contribution in [1.82, 2.24) is 15.0 Å². The van der Waals surface area contributed by atoms with Crippen LogP contribution in [-0.2, 0) is 19.8 Å². The lowest BCUT2D eigenvalue weighted by molar-refractivity contribution is 0.219. The number of nitrogens with zero attached hydrogens (tertiary/aromatic N) is 3. The molecule has 2 aromatic rings. The maximum Gasteiger partial charge on any atom is 0.335 e. The van der Waals surface area contributed by atoms with Gasteiger partial charge in [0.25, 0.3) is 5.88 Å². The molecular weight excluding hydrogens is 376 g/mol. The van der Waals surface area contributed by atoms with E-state index >= 15 is 0 Å². The molecule has 0 aliphatic carbocycles. The van der Waals surface area contributed by atoms with Crippen molar-refractivity contribution < 1.29 is 18.3 Å². The highest BCUT2D eigenvalue weighted by Crippen LogP contribution is 2.52. The molecule has 0 radical (unpaired) electrons. The van der Waals surface area contributed by atoms with E-state index in [-0.39, 0.29) is 17.2 Å². The summed E-state index contributed by atoms with van der Waals surface area (Å²) in [6.07, 6.45) is 0.0877. The SMILES string of the molecule is CCOP(=O)(Cc1ccc(-n2nc(Cl)c(OC)n2)cc1Cl)OCC. The van der Waals surface area contributed by atoms with Gasteiger partial charge >= 0.3 is 7.60 Å². The topological polar surface area (TPSA) is 75.5 Å². The molecule has 0 amide bonds. The molecule has 0 bridgehead atoms. The second kappa shape index (κ2) is 8.32. The Balaban J connectivity index is 2.27. The van der Waals surface area contributed by atoms with Crippen LogP contribution in [0.2, 0.25) is 10.2 Å². The van der Waals surface area contributed by atoms with Gasteiger partial charge in [-0.1, -0.05) is 29.3 Å². The summed E-state index contributed by atoms with van der Waals surface area (Å²) >= 11 is 12.2. The van der Waals surface area contributed by atoms with Gasteiger partial charge in [-0.05, 0) is 31.5 Å². The van der Waals surface area contributed by atoms with E-state index in [9.17, 15) is 4.57 Å². The van der Waals surface area contributed by atoms with Gasteiger partial charge in [0.2, 0.25) is 5.15 Å². The number of aromatic nitrogens is 3. The second-order valence-electron chi connectivity index (χ2n) is 4.67. The van der Waals surface area contributed by atoms with Crippen molar-refractivity contribution in [2.75, 3.05) is 20.3 Å². The minimum absolute atomic E-state index is 0.0877. The van der Waals surface area contributed by atoms with E-state index in [1.807, 2.05) is 0 Å². The summed E-state index contributed by atoms with van der Waals surface area (Å²) in [7, 11) is -1.77. The molecule has 132 valence electrons. The average molecular weight is 394 g/mol. The number of halogens is 2. The first-order chi connectivity index (χ1) is 11.4. The van der Waals surface area contributed by atoms with E-state index in [0.29, 0.717) is 29.5 Å². The van der Waals surface area contributed by atoms with Crippen molar-refractivity contribution in [3.8, 4) is 11.6 Å². The predicted molar refractivity (Wildman–Crippen MR) is 92.5 cm³/mol. The summed E-state index contributed by atoms with van der Waals surface area (Å²) in [5, 5.41) is 8.68. The molecule has 0 unspecified atom stereocenters. The van der Waals surface area contributed by atoms with Crippen LogP contribution in [-0.4, -0.2) is 35.3 Å². The van der Waals surface area contributed by atoms with Crippen molar-refractivity contribution in [3.63, 3.8) is 0 Å². The summed E-state index contributed by atoms with van der Waals surface area (Å²) < 4.78 is 28.2. The van der Waals surface area contributed by atoms with Gasteiger partial charge in [-0.25, -0.2) is 0 Å². The molecule has 0 fully saturated rings. The van der Waals surface area contributed by atoms with Gasteiger partial charge in [-0.15, -0.1) is 15.0 Å². The summed E-state index contributed by atoms with van der Waals surface area (Å²) in [5.74, 6) is 0.217. The second-order valence-corrected chi connectivity index (χ2v) is 7.49. The fourth-order valence-electron chi connectivity index (χ4n) is 2.04. The van der Waals surface area contributed by atoms with Gasteiger partial charge in [0.1, 0.15) is 0 Å². The van der Waals surface area contributed by atoms with Crippen LogP contribution >= 0.6 is 30.8 Å². The van der Waals surface area contributed by atoms with E-state index < -0.39 is 7.60 Å². The van der Waals surface area contributed by atoms with Crippen molar-refractivity contribution >= 4 is 30.8 Å². The Kier molecular flexibility index (Phi) is 6.66. The molecule has 0 N–H and O–H groups in total. The fourth-order valence-corrected chi connectivity index (χ4v) is 4.29. The molecule has 1 heterocycles. The van der Waals surface area contributed by atoms with Gasteiger partial charge in [-0.2, -0.15) is 0 Å². The van der Waals surface area contributed by atoms with Gasteiger partial charge in [0.15, 0.2) is 0 Å². The molecule has 1 aromatic heterocycles. The monoisotopic (exact) mass is 393 g/mol. The van der Waals surface area contributed by atoms with Gasteiger partial charge in [-0.3, -0.25) is 4.57 Å². The van der Waals surface area contributed by atoms with E-state index in [0.717, 1.165) is 0 Å². The molecule has 0 aliphatic rings. The van der Waals surface area contributed by atoms with Crippen LogP contribution in [0.15, 0.2) is 18.2 Å². The Labute approximate surface area is 150 Å². The maximum absolute atomic E-state index is 12.6. The summed E-state index contributed by atoms with van der Waals surface area (Å²) in [6, 6.07) is 5.11. The minimum atomic E-state index is -3.23. The largest absolute Gasteiger partial charge is 0.478 e. The van der Waals surface area contributed by atoms with Crippen LogP contribution in [0, 0.1) is 0 Å². The lowest BCUT2D eigenvalue weighted by Crippen LogP contribution is -2.02. The van der Waals surface area contributed by atoms with Crippen molar-refractivity contribution in [1.29, 1.82) is 0 Å². The lowest BCUT2D eigenvalue weighted by atomic mass is 10.2. The van der Waals surface area contributed by atoms with E-state index in [1.54, 1.807) is 32.0 Å². The zero-order valence-corrected chi connectivity index (χ0v) is 15.9. The zero-order chi connectivity index (χ0) is 17.7. The standard InChI is InChI=1S/C14H18Cl2N3O4P/c1-4-22-24(20,23-5-2)9-10-6-7-11(8-12(10)15)19-17-13(16)14(18-19)21-3/h6-8H,4-5,9H2,1-3H3. The fraction of sp³-hybridized carbons (Fsp3) is 0.429. The lowest BCUT2D eigenvalue weighted by Gasteiger charge is -2.17. The molecule has 24 heavy (non-hydrogen) atoms. The van der Waals surface area contributed by atoms with Crippen LogP contribution in [0.5, 0.6) is 5.88 Å². The number of hydrogen-bond acceptors (Lipinski definition) is 6. The quantitative estimate of drug-likeness (QED) is 0.620. The van der Waals surface area contributed by atoms with Crippen molar-refractivity contribution in [3.05, 3.63) is 33.9 Å². The molecule has 10 heteroatoms. The zero-order valence-electron chi connectivity index (χ0n) is 13.5. The third kappa shape index (κ3) is 4.49. The summed E-state index contributed by atoms with van der Waals surface area (Å²) in [4.78, 5) is 1.31. The molecule has 0 atom stereocenters. The normalized spacial score (nSPS) is 11.7. The number of benzene rings is 1. The Morgan fingerprint density at radius 1 is 1.17 bits per heavy atom. The first-order valence-corrected chi connectivity index (χ1v) is 9.74.